The van der Waals surface area contributed by atoms with Crippen molar-refractivity contribution in [3.63, 3.8) is 0 Å². The molecule has 5 heteroatoms. The highest BCUT2D eigenvalue weighted by molar-refractivity contribution is 6.30. The fourth-order valence-electron chi connectivity index (χ4n) is 4.05. The van der Waals surface area contributed by atoms with Crippen LogP contribution in [-0.4, -0.2) is 18.6 Å². The molecule has 1 N–H and O–H groups in total. The first-order valence-corrected chi connectivity index (χ1v) is 8.32. The molecule has 0 amide bonds. The first-order chi connectivity index (χ1) is 10.6. The largest absolute Gasteiger partial charge is 0.466 e. The molecule has 0 radical (unpaired) electrons. The van der Waals surface area contributed by atoms with E-state index in [0.717, 1.165) is 18.4 Å². The van der Waals surface area contributed by atoms with Crippen molar-refractivity contribution in [1.82, 2.24) is 5.32 Å². The topological polar surface area (TPSA) is 38.3 Å². The SMILES string of the molecule is CCOC(=O)C1C2CCC(C2)C1NCc1ccc(F)c(Cl)c1. The minimum absolute atomic E-state index is 0.0466. The number of hydrogen-bond donors (Lipinski definition) is 1. The summed E-state index contributed by atoms with van der Waals surface area (Å²) in [6, 6.07) is 4.89. The van der Waals surface area contributed by atoms with Gasteiger partial charge in [-0.3, -0.25) is 4.79 Å². The molecule has 0 aromatic heterocycles. The first-order valence-electron chi connectivity index (χ1n) is 7.94. The first kappa shape index (κ1) is 15.8. The number of carbonyl (C=O) groups excluding carboxylic acids is 1. The number of hydrogen-bond acceptors (Lipinski definition) is 3. The number of rotatable bonds is 5. The van der Waals surface area contributed by atoms with Gasteiger partial charge in [-0.15, -0.1) is 0 Å². The molecule has 2 saturated carbocycles. The number of ether oxygens (including phenoxy) is 1. The summed E-state index contributed by atoms with van der Waals surface area (Å²) in [4.78, 5) is 12.2. The lowest BCUT2D eigenvalue weighted by Crippen LogP contribution is -2.44. The van der Waals surface area contributed by atoms with Crippen LogP contribution in [0.5, 0.6) is 0 Å². The number of benzene rings is 1. The molecule has 0 spiro atoms. The van der Waals surface area contributed by atoms with E-state index in [9.17, 15) is 9.18 Å². The molecule has 0 saturated heterocycles. The molecule has 2 aliphatic rings. The number of halogens is 2. The molecule has 2 fully saturated rings. The van der Waals surface area contributed by atoms with Gasteiger partial charge in [-0.1, -0.05) is 17.7 Å². The van der Waals surface area contributed by atoms with E-state index in [1.165, 1.54) is 12.5 Å². The van der Waals surface area contributed by atoms with Crippen LogP contribution in [0.1, 0.15) is 31.7 Å². The van der Waals surface area contributed by atoms with Gasteiger partial charge in [-0.2, -0.15) is 0 Å². The Labute approximate surface area is 135 Å². The Morgan fingerprint density at radius 1 is 1.41 bits per heavy atom. The lowest BCUT2D eigenvalue weighted by molar-refractivity contribution is -0.150. The third kappa shape index (κ3) is 2.99. The predicted molar refractivity (Wildman–Crippen MR) is 83.0 cm³/mol. The van der Waals surface area contributed by atoms with Gasteiger partial charge in [0.05, 0.1) is 17.5 Å². The average Bonchev–Trinajstić information content (AvgIpc) is 3.09. The highest BCUT2D eigenvalue weighted by Gasteiger charge is 2.51. The zero-order valence-corrected chi connectivity index (χ0v) is 13.4. The van der Waals surface area contributed by atoms with Crippen LogP contribution in [0.3, 0.4) is 0 Å². The maximum absolute atomic E-state index is 13.2. The Morgan fingerprint density at radius 3 is 2.91 bits per heavy atom. The Balaban J connectivity index is 1.67. The number of esters is 1. The Morgan fingerprint density at radius 2 is 2.18 bits per heavy atom. The zero-order chi connectivity index (χ0) is 15.7. The molecular formula is C17H21ClFNO2. The van der Waals surface area contributed by atoms with E-state index >= 15 is 0 Å². The number of fused-ring (bicyclic) bond motifs is 2. The third-order valence-electron chi connectivity index (χ3n) is 5.00. The fourth-order valence-corrected chi connectivity index (χ4v) is 4.25. The van der Waals surface area contributed by atoms with Crippen LogP contribution >= 0.6 is 11.6 Å². The van der Waals surface area contributed by atoms with E-state index in [1.807, 2.05) is 6.92 Å². The second-order valence-corrected chi connectivity index (χ2v) is 6.67. The van der Waals surface area contributed by atoms with E-state index in [0.29, 0.717) is 25.0 Å². The van der Waals surface area contributed by atoms with Crippen LogP contribution in [-0.2, 0) is 16.1 Å². The monoisotopic (exact) mass is 325 g/mol. The molecule has 120 valence electrons. The molecule has 3 rings (SSSR count). The standard InChI is InChI=1S/C17H21ClFNO2/c1-2-22-17(21)15-11-4-5-12(8-11)16(15)20-9-10-3-6-14(19)13(18)7-10/h3,6-7,11-12,15-16,20H,2,4-5,8-9H2,1H3. The van der Waals surface area contributed by atoms with Crippen molar-refractivity contribution in [1.29, 1.82) is 0 Å². The summed E-state index contributed by atoms with van der Waals surface area (Å²) >= 11 is 5.82. The number of nitrogens with one attached hydrogen (secondary N) is 1. The molecule has 0 aliphatic heterocycles. The van der Waals surface area contributed by atoms with Crippen molar-refractivity contribution < 1.29 is 13.9 Å². The highest BCUT2D eigenvalue weighted by atomic mass is 35.5. The summed E-state index contributed by atoms with van der Waals surface area (Å²) in [5, 5.41) is 3.62. The van der Waals surface area contributed by atoms with Gasteiger partial charge in [0, 0.05) is 12.6 Å². The lowest BCUT2D eigenvalue weighted by Gasteiger charge is -2.30. The summed E-state index contributed by atoms with van der Waals surface area (Å²) in [6.07, 6.45) is 3.39. The molecule has 4 atom stereocenters. The average molecular weight is 326 g/mol. The molecule has 3 nitrogen and oxygen atoms in total. The van der Waals surface area contributed by atoms with Gasteiger partial charge in [0.2, 0.25) is 0 Å². The zero-order valence-electron chi connectivity index (χ0n) is 12.6. The Hall–Kier alpha value is -1.13. The lowest BCUT2D eigenvalue weighted by atomic mass is 9.84. The van der Waals surface area contributed by atoms with Gasteiger partial charge in [0.25, 0.3) is 0 Å². The van der Waals surface area contributed by atoms with Crippen LogP contribution in [0.2, 0.25) is 5.02 Å². The Bertz CT molecular complexity index is 566. The van der Waals surface area contributed by atoms with E-state index < -0.39 is 5.82 Å². The second kappa shape index (κ2) is 6.55. The summed E-state index contributed by atoms with van der Waals surface area (Å²) < 4.78 is 18.4. The number of carbonyl (C=O) groups is 1. The van der Waals surface area contributed by atoms with Gasteiger partial charge < -0.3 is 10.1 Å². The maximum Gasteiger partial charge on any atom is 0.310 e. The minimum Gasteiger partial charge on any atom is -0.466 e. The second-order valence-electron chi connectivity index (χ2n) is 6.27. The van der Waals surface area contributed by atoms with Gasteiger partial charge >= 0.3 is 5.97 Å². The van der Waals surface area contributed by atoms with Gasteiger partial charge in [0.15, 0.2) is 0 Å². The maximum atomic E-state index is 13.2. The van der Waals surface area contributed by atoms with Crippen molar-refractivity contribution in [2.24, 2.45) is 17.8 Å². The van der Waals surface area contributed by atoms with Crippen molar-refractivity contribution in [3.8, 4) is 0 Å². The molecule has 1 aromatic carbocycles. The summed E-state index contributed by atoms with van der Waals surface area (Å²) in [7, 11) is 0. The Kier molecular flexibility index (Phi) is 4.69. The minimum atomic E-state index is -0.408. The fraction of sp³-hybridized carbons (Fsp3) is 0.588. The normalized spacial score (nSPS) is 29.8. The van der Waals surface area contributed by atoms with Crippen molar-refractivity contribution in [2.75, 3.05) is 6.61 Å². The summed E-state index contributed by atoms with van der Waals surface area (Å²) in [5.41, 5.74) is 0.928. The van der Waals surface area contributed by atoms with E-state index in [2.05, 4.69) is 5.32 Å². The smallest absolute Gasteiger partial charge is 0.310 e. The van der Waals surface area contributed by atoms with Gasteiger partial charge in [0.1, 0.15) is 5.82 Å². The van der Waals surface area contributed by atoms with Gasteiger partial charge in [-0.05, 0) is 55.7 Å². The molecule has 22 heavy (non-hydrogen) atoms. The van der Waals surface area contributed by atoms with Crippen molar-refractivity contribution in [3.05, 3.63) is 34.6 Å². The van der Waals surface area contributed by atoms with Crippen molar-refractivity contribution >= 4 is 17.6 Å². The molecule has 4 unspecified atom stereocenters. The van der Waals surface area contributed by atoms with Gasteiger partial charge in [-0.25, -0.2) is 4.39 Å². The predicted octanol–water partition coefficient (Wildman–Crippen LogP) is 3.55. The highest BCUT2D eigenvalue weighted by Crippen LogP contribution is 2.49. The van der Waals surface area contributed by atoms with Crippen LogP contribution in [0.15, 0.2) is 18.2 Å². The van der Waals surface area contributed by atoms with Crippen LogP contribution in [0.25, 0.3) is 0 Å². The van der Waals surface area contributed by atoms with Crippen LogP contribution in [0, 0.1) is 23.6 Å². The van der Waals surface area contributed by atoms with Crippen LogP contribution < -0.4 is 5.32 Å². The molecule has 2 aliphatic carbocycles. The van der Waals surface area contributed by atoms with Crippen LogP contribution in [0.4, 0.5) is 4.39 Å². The summed E-state index contributed by atoms with van der Waals surface area (Å²) in [5.74, 6) is 0.447. The quantitative estimate of drug-likeness (QED) is 0.841. The van der Waals surface area contributed by atoms with E-state index in [4.69, 9.17) is 16.3 Å². The van der Waals surface area contributed by atoms with Crippen molar-refractivity contribution in [2.45, 2.75) is 38.8 Å². The van der Waals surface area contributed by atoms with E-state index in [1.54, 1.807) is 12.1 Å². The summed E-state index contributed by atoms with van der Waals surface area (Å²) in [6.45, 7) is 2.85. The molecule has 2 bridgehead atoms. The third-order valence-corrected chi connectivity index (χ3v) is 5.29. The van der Waals surface area contributed by atoms with E-state index in [-0.39, 0.29) is 23.0 Å². The molecule has 0 heterocycles. The molecular weight excluding hydrogens is 305 g/mol. The molecule has 1 aromatic rings.